The van der Waals surface area contributed by atoms with Gasteiger partial charge in [0, 0.05) is 26.0 Å². The first-order chi connectivity index (χ1) is 10.3. The van der Waals surface area contributed by atoms with Gasteiger partial charge in [0.15, 0.2) is 0 Å². The number of hydrogen-bond acceptors (Lipinski definition) is 5. The van der Waals surface area contributed by atoms with E-state index < -0.39 is 0 Å². The molecule has 1 atom stereocenters. The summed E-state index contributed by atoms with van der Waals surface area (Å²) in [4.78, 5) is 4.49. The SMILES string of the molecule is COCCOCCCCNC(C)c1cnc2ccsc2c1. The fraction of sp³-hybridized carbons (Fsp3) is 0.562. The molecule has 0 radical (unpaired) electrons. The van der Waals surface area contributed by atoms with E-state index in [1.54, 1.807) is 18.4 Å². The Morgan fingerprint density at radius 3 is 3.05 bits per heavy atom. The van der Waals surface area contributed by atoms with Crippen LogP contribution < -0.4 is 5.32 Å². The predicted molar refractivity (Wildman–Crippen MR) is 88.0 cm³/mol. The summed E-state index contributed by atoms with van der Waals surface area (Å²) in [6, 6.07) is 4.63. The lowest BCUT2D eigenvalue weighted by molar-refractivity contribution is 0.0687. The summed E-state index contributed by atoms with van der Waals surface area (Å²) in [7, 11) is 1.69. The largest absolute Gasteiger partial charge is 0.382 e. The molecular formula is C16H24N2O2S. The highest BCUT2D eigenvalue weighted by molar-refractivity contribution is 7.17. The fourth-order valence-corrected chi connectivity index (χ4v) is 2.90. The van der Waals surface area contributed by atoms with Gasteiger partial charge in [-0.1, -0.05) is 0 Å². The molecule has 1 N–H and O–H groups in total. The van der Waals surface area contributed by atoms with Crippen molar-refractivity contribution in [2.75, 3.05) is 33.5 Å². The molecule has 0 fully saturated rings. The first-order valence-corrected chi connectivity index (χ1v) is 8.32. The van der Waals surface area contributed by atoms with E-state index in [1.807, 2.05) is 6.20 Å². The second kappa shape index (κ2) is 9.10. The van der Waals surface area contributed by atoms with Gasteiger partial charge in [-0.15, -0.1) is 11.3 Å². The molecular weight excluding hydrogens is 284 g/mol. The van der Waals surface area contributed by atoms with Crippen LogP contribution in [0.15, 0.2) is 23.7 Å². The second-order valence-corrected chi connectivity index (χ2v) is 6.01. The Morgan fingerprint density at radius 1 is 1.29 bits per heavy atom. The van der Waals surface area contributed by atoms with Gasteiger partial charge in [-0.05, 0) is 49.4 Å². The number of thiophene rings is 1. The Hall–Kier alpha value is -1.01. The summed E-state index contributed by atoms with van der Waals surface area (Å²) in [6.45, 7) is 5.35. The maximum absolute atomic E-state index is 5.44. The Morgan fingerprint density at radius 2 is 2.19 bits per heavy atom. The normalized spacial score (nSPS) is 12.9. The van der Waals surface area contributed by atoms with Crippen LogP contribution in [0.25, 0.3) is 10.2 Å². The van der Waals surface area contributed by atoms with Crippen LogP contribution in [-0.4, -0.2) is 38.5 Å². The number of ether oxygens (including phenoxy) is 2. The van der Waals surface area contributed by atoms with E-state index in [2.05, 4.69) is 34.7 Å². The smallest absolute Gasteiger partial charge is 0.0809 e. The van der Waals surface area contributed by atoms with Crippen molar-refractivity contribution in [1.82, 2.24) is 10.3 Å². The number of aromatic nitrogens is 1. The van der Waals surface area contributed by atoms with Crippen molar-refractivity contribution in [3.8, 4) is 0 Å². The molecule has 2 rings (SSSR count). The molecule has 4 nitrogen and oxygen atoms in total. The van der Waals surface area contributed by atoms with E-state index in [9.17, 15) is 0 Å². The molecule has 2 aromatic rings. The lowest BCUT2D eigenvalue weighted by atomic mass is 10.1. The number of methoxy groups -OCH3 is 1. The third-order valence-corrected chi connectivity index (χ3v) is 4.27. The van der Waals surface area contributed by atoms with Gasteiger partial charge in [-0.25, -0.2) is 0 Å². The Balaban J connectivity index is 1.64. The zero-order valence-electron chi connectivity index (χ0n) is 12.8. The number of fused-ring (bicyclic) bond motifs is 1. The van der Waals surface area contributed by atoms with Crippen molar-refractivity contribution in [3.63, 3.8) is 0 Å². The Bertz CT molecular complexity index is 530. The number of nitrogens with one attached hydrogen (secondary N) is 1. The van der Waals surface area contributed by atoms with E-state index in [1.165, 1.54) is 10.3 Å². The lowest BCUT2D eigenvalue weighted by Gasteiger charge is -2.14. The molecule has 0 aromatic carbocycles. The summed E-state index contributed by atoms with van der Waals surface area (Å²) in [5, 5.41) is 5.63. The third kappa shape index (κ3) is 5.36. The van der Waals surface area contributed by atoms with Crippen LogP contribution in [0, 0.1) is 0 Å². The van der Waals surface area contributed by atoms with Gasteiger partial charge in [-0.2, -0.15) is 0 Å². The molecule has 2 aromatic heterocycles. The summed E-state index contributed by atoms with van der Waals surface area (Å²) in [5.41, 5.74) is 2.34. The van der Waals surface area contributed by atoms with Crippen molar-refractivity contribution in [1.29, 1.82) is 0 Å². The number of rotatable bonds is 10. The van der Waals surface area contributed by atoms with Crippen LogP contribution in [0.5, 0.6) is 0 Å². The van der Waals surface area contributed by atoms with E-state index in [0.717, 1.165) is 31.5 Å². The maximum Gasteiger partial charge on any atom is 0.0809 e. The molecule has 2 heterocycles. The minimum atomic E-state index is 0.332. The number of hydrogen-bond donors (Lipinski definition) is 1. The molecule has 0 aliphatic heterocycles. The van der Waals surface area contributed by atoms with Crippen LogP contribution >= 0.6 is 11.3 Å². The molecule has 0 aliphatic rings. The van der Waals surface area contributed by atoms with Gasteiger partial charge in [0.25, 0.3) is 0 Å². The standard InChI is InChI=1S/C16H24N2O2S/c1-13(17-6-3-4-7-20-9-8-19-2)14-11-16-15(18-12-14)5-10-21-16/h5,10-13,17H,3-4,6-9H2,1-2H3. The average Bonchev–Trinajstić information content (AvgIpc) is 2.97. The van der Waals surface area contributed by atoms with E-state index in [0.29, 0.717) is 19.3 Å². The third-order valence-electron chi connectivity index (χ3n) is 3.42. The monoisotopic (exact) mass is 308 g/mol. The van der Waals surface area contributed by atoms with Crippen LogP contribution in [0.3, 0.4) is 0 Å². The Kier molecular flexibility index (Phi) is 7.09. The lowest BCUT2D eigenvalue weighted by Crippen LogP contribution is -2.20. The highest BCUT2D eigenvalue weighted by Crippen LogP contribution is 2.22. The summed E-state index contributed by atoms with van der Waals surface area (Å²) < 4.78 is 11.6. The second-order valence-electron chi connectivity index (χ2n) is 5.06. The molecule has 0 aliphatic carbocycles. The molecule has 1 unspecified atom stereocenters. The number of pyridine rings is 1. The van der Waals surface area contributed by atoms with Crippen LogP contribution in [0.4, 0.5) is 0 Å². The topological polar surface area (TPSA) is 43.4 Å². The van der Waals surface area contributed by atoms with Gasteiger partial charge in [0.2, 0.25) is 0 Å². The van der Waals surface area contributed by atoms with Crippen LogP contribution in [0.1, 0.15) is 31.4 Å². The van der Waals surface area contributed by atoms with Gasteiger partial charge in [0.1, 0.15) is 0 Å². The van der Waals surface area contributed by atoms with E-state index in [4.69, 9.17) is 9.47 Å². The van der Waals surface area contributed by atoms with Gasteiger partial charge in [-0.3, -0.25) is 4.98 Å². The zero-order valence-corrected chi connectivity index (χ0v) is 13.6. The predicted octanol–water partition coefficient (Wildman–Crippen LogP) is 3.39. The van der Waals surface area contributed by atoms with Crippen molar-refractivity contribution < 1.29 is 9.47 Å². The fourth-order valence-electron chi connectivity index (χ4n) is 2.11. The average molecular weight is 308 g/mol. The van der Waals surface area contributed by atoms with Crippen molar-refractivity contribution >= 4 is 21.6 Å². The molecule has 0 amide bonds. The minimum Gasteiger partial charge on any atom is -0.382 e. The Labute approximate surface area is 130 Å². The van der Waals surface area contributed by atoms with E-state index >= 15 is 0 Å². The molecule has 0 saturated carbocycles. The maximum atomic E-state index is 5.44. The van der Waals surface area contributed by atoms with Crippen LogP contribution in [0.2, 0.25) is 0 Å². The van der Waals surface area contributed by atoms with Crippen molar-refractivity contribution in [2.45, 2.75) is 25.8 Å². The summed E-state index contributed by atoms with van der Waals surface area (Å²) in [6.07, 6.45) is 4.16. The summed E-state index contributed by atoms with van der Waals surface area (Å²) >= 11 is 1.74. The van der Waals surface area contributed by atoms with Gasteiger partial charge in [0.05, 0.1) is 23.4 Å². The molecule has 21 heavy (non-hydrogen) atoms. The summed E-state index contributed by atoms with van der Waals surface area (Å²) in [5.74, 6) is 0. The van der Waals surface area contributed by atoms with Crippen molar-refractivity contribution in [2.24, 2.45) is 0 Å². The van der Waals surface area contributed by atoms with Gasteiger partial charge >= 0.3 is 0 Å². The first-order valence-electron chi connectivity index (χ1n) is 7.44. The van der Waals surface area contributed by atoms with Crippen LogP contribution in [-0.2, 0) is 9.47 Å². The molecule has 5 heteroatoms. The highest BCUT2D eigenvalue weighted by atomic mass is 32.1. The molecule has 0 saturated heterocycles. The number of nitrogens with zero attached hydrogens (tertiary/aromatic N) is 1. The van der Waals surface area contributed by atoms with Gasteiger partial charge < -0.3 is 14.8 Å². The van der Waals surface area contributed by atoms with Crippen molar-refractivity contribution in [3.05, 3.63) is 29.3 Å². The quantitative estimate of drug-likeness (QED) is 0.683. The minimum absolute atomic E-state index is 0.332. The zero-order chi connectivity index (χ0) is 14.9. The molecule has 116 valence electrons. The first kappa shape index (κ1) is 16.4. The molecule has 0 bridgehead atoms. The number of unbranched alkanes of at least 4 members (excludes halogenated alkanes) is 1. The van der Waals surface area contributed by atoms with E-state index in [-0.39, 0.29) is 0 Å². The molecule has 0 spiro atoms. The highest BCUT2D eigenvalue weighted by Gasteiger charge is 2.06.